The summed E-state index contributed by atoms with van der Waals surface area (Å²) in [6, 6.07) is 0. The molecule has 0 aliphatic rings. The van der Waals surface area contributed by atoms with Crippen LogP contribution in [0.25, 0.3) is 0 Å². The van der Waals surface area contributed by atoms with Crippen LogP contribution < -0.4 is 10.4 Å². The van der Waals surface area contributed by atoms with Crippen molar-refractivity contribution in [2.45, 2.75) is 19.8 Å². The Morgan fingerprint density at radius 1 is 1.29 bits per heavy atom. The standard InChI is InChI=1S/C12H22N2O3/c1-10(2)12(17)13-7-5-8-14(3,4)9-6-11(15)16/h1,5-9H2,2-4H3,(H-,13,15,16,17). The number of nitrogens with one attached hydrogen (secondary N) is 1. The molecule has 0 saturated carbocycles. The third-order valence-electron chi connectivity index (χ3n) is 2.53. The Labute approximate surface area is 103 Å². The Bertz CT molecular complexity index is 298. The molecule has 0 rings (SSSR count). The molecule has 1 N–H and O–H groups in total. The number of carboxylic acids is 1. The molecule has 0 aliphatic heterocycles. The summed E-state index contributed by atoms with van der Waals surface area (Å²) < 4.78 is 0.608. The maximum absolute atomic E-state index is 11.2. The van der Waals surface area contributed by atoms with Crippen molar-refractivity contribution in [2.75, 3.05) is 33.7 Å². The zero-order valence-corrected chi connectivity index (χ0v) is 10.9. The molecule has 0 spiro atoms. The summed E-state index contributed by atoms with van der Waals surface area (Å²) in [7, 11) is 3.92. The Morgan fingerprint density at radius 3 is 2.35 bits per heavy atom. The number of aliphatic carboxylic acids is 1. The molecule has 17 heavy (non-hydrogen) atoms. The van der Waals surface area contributed by atoms with Gasteiger partial charge in [0.2, 0.25) is 5.91 Å². The monoisotopic (exact) mass is 242 g/mol. The van der Waals surface area contributed by atoms with Crippen LogP contribution in [0.4, 0.5) is 0 Å². The fraction of sp³-hybridized carbons (Fsp3) is 0.667. The van der Waals surface area contributed by atoms with Gasteiger partial charge in [-0.25, -0.2) is 0 Å². The Morgan fingerprint density at radius 2 is 1.88 bits per heavy atom. The van der Waals surface area contributed by atoms with E-state index in [2.05, 4.69) is 11.9 Å². The summed E-state index contributed by atoms with van der Waals surface area (Å²) in [6.45, 7) is 7.13. The van der Waals surface area contributed by atoms with Crippen LogP contribution in [0.5, 0.6) is 0 Å². The minimum absolute atomic E-state index is 0.0606. The highest BCUT2D eigenvalue weighted by atomic mass is 16.4. The van der Waals surface area contributed by atoms with Gasteiger partial charge >= 0.3 is 0 Å². The molecule has 0 atom stereocenters. The minimum atomic E-state index is -1.02. The zero-order chi connectivity index (χ0) is 13.5. The highest BCUT2D eigenvalue weighted by molar-refractivity contribution is 5.91. The number of carbonyl (C=O) groups is 2. The van der Waals surface area contributed by atoms with Crippen molar-refractivity contribution in [3.8, 4) is 0 Å². The van der Waals surface area contributed by atoms with Gasteiger partial charge in [0.25, 0.3) is 0 Å². The fourth-order valence-electron chi connectivity index (χ4n) is 1.37. The zero-order valence-electron chi connectivity index (χ0n) is 10.9. The molecule has 0 aromatic heterocycles. The summed E-state index contributed by atoms with van der Waals surface area (Å²) in [4.78, 5) is 21.5. The number of quaternary nitrogens is 1. The highest BCUT2D eigenvalue weighted by Crippen LogP contribution is 2.00. The van der Waals surface area contributed by atoms with Crippen molar-refractivity contribution in [1.82, 2.24) is 5.32 Å². The number of nitrogens with zero attached hydrogens (tertiary/aromatic N) is 1. The van der Waals surface area contributed by atoms with E-state index in [0.29, 0.717) is 23.1 Å². The van der Waals surface area contributed by atoms with E-state index in [1.54, 1.807) is 6.92 Å². The molecule has 0 radical (unpaired) electrons. The number of carboxylic acid groups (broad SMARTS) is 1. The van der Waals surface area contributed by atoms with Crippen LogP contribution in [-0.4, -0.2) is 50.1 Å². The number of carbonyl (C=O) groups excluding carboxylic acids is 2. The molecule has 98 valence electrons. The fourth-order valence-corrected chi connectivity index (χ4v) is 1.37. The second-order valence-corrected chi connectivity index (χ2v) is 4.89. The van der Waals surface area contributed by atoms with E-state index in [-0.39, 0.29) is 12.3 Å². The Balaban J connectivity index is 3.75. The van der Waals surface area contributed by atoms with Gasteiger partial charge < -0.3 is 19.7 Å². The molecule has 0 unspecified atom stereocenters. The number of hydrogen-bond donors (Lipinski definition) is 1. The van der Waals surface area contributed by atoms with E-state index in [9.17, 15) is 14.7 Å². The quantitative estimate of drug-likeness (QED) is 0.347. The van der Waals surface area contributed by atoms with Crippen LogP contribution in [0.3, 0.4) is 0 Å². The van der Waals surface area contributed by atoms with Gasteiger partial charge in [0.05, 0.1) is 27.2 Å². The molecule has 0 aromatic rings. The SMILES string of the molecule is C=C(C)C(=O)NCCC[N+](C)(C)CCC(=O)[O-]. The van der Waals surface area contributed by atoms with Crippen molar-refractivity contribution in [3.05, 3.63) is 12.2 Å². The minimum Gasteiger partial charge on any atom is -0.550 e. The van der Waals surface area contributed by atoms with Crippen molar-refractivity contribution < 1.29 is 19.2 Å². The van der Waals surface area contributed by atoms with Crippen LogP contribution >= 0.6 is 0 Å². The third-order valence-corrected chi connectivity index (χ3v) is 2.53. The van der Waals surface area contributed by atoms with Crippen molar-refractivity contribution in [3.63, 3.8) is 0 Å². The summed E-state index contributed by atoms with van der Waals surface area (Å²) in [5.41, 5.74) is 0.496. The first-order valence-electron chi connectivity index (χ1n) is 5.70. The van der Waals surface area contributed by atoms with Gasteiger partial charge in [-0.2, -0.15) is 0 Å². The second-order valence-electron chi connectivity index (χ2n) is 4.89. The molecule has 0 aromatic carbocycles. The average molecular weight is 242 g/mol. The second kappa shape index (κ2) is 7.06. The Hall–Kier alpha value is -1.36. The van der Waals surface area contributed by atoms with Crippen LogP contribution in [0, 0.1) is 0 Å². The first kappa shape index (κ1) is 15.6. The van der Waals surface area contributed by atoms with Crippen LogP contribution in [-0.2, 0) is 9.59 Å². The maximum Gasteiger partial charge on any atom is 0.246 e. The van der Waals surface area contributed by atoms with Crippen molar-refractivity contribution in [2.24, 2.45) is 0 Å². The smallest absolute Gasteiger partial charge is 0.246 e. The molecular formula is C12H22N2O3. The molecule has 0 aliphatic carbocycles. The lowest BCUT2D eigenvalue weighted by Gasteiger charge is -2.30. The highest BCUT2D eigenvalue weighted by Gasteiger charge is 2.14. The number of amides is 1. The van der Waals surface area contributed by atoms with Gasteiger partial charge in [-0.3, -0.25) is 4.79 Å². The van der Waals surface area contributed by atoms with Crippen molar-refractivity contribution >= 4 is 11.9 Å². The summed E-state index contributed by atoms with van der Waals surface area (Å²) in [5, 5.41) is 13.1. The van der Waals surface area contributed by atoms with Gasteiger partial charge in [-0.1, -0.05) is 6.58 Å². The lowest BCUT2D eigenvalue weighted by Crippen LogP contribution is -2.44. The molecule has 0 bridgehead atoms. The maximum atomic E-state index is 11.2. The lowest BCUT2D eigenvalue weighted by molar-refractivity contribution is -0.890. The summed E-state index contributed by atoms with van der Waals surface area (Å²) in [5.74, 6) is -1.16. The topological polar surface area (TPSA) is 69.2 Å². The van der Waals surface area contributed by atoms with Gasteiger partial charge in [0.15, 0.2) is 0 Å². The average Bonchev–Trinajstić information content (AvgIpc) is 2.21. The van der Waals surface area contributed by atoms with E-state index in [4.69, 9.17) is 0 Å². The van der Waals surface area contributed by atoms with Crippen LogP contribution in [0.15, 0.2) is 12.2 Å². The van der Waals surface area contributed by atoms with Gasteiger partial charge in [-0.05, 0) is 6.92 Å². The third kappa shape index (κ3) is 8.45. The van der Waals surface area contributed by atoms with E-state index in [1.807, 2.05) is 14.1 Å². The number of rotatable bonds is 8. The molecule has 0 fully saturated rings. The first-order valence-corrected chi connectivity index (χ1v) is 5.70. The molecule has 5 heteroatoms. The van der Waals surface area contributed by atoms with Crippen molar-refractivity contribution in [1.29, 1.82) is 0 Å². The van der Waals surface area contributed by atoms with Gasteiger partial charge in [-0.15, -0.1) is 0 Å². The molecule has 1 amide bonds. The Kier molecular flexibility index (Phi) is 6.50. The van der Waals surface area contributed by atoms with E-state index < -0.39 is 5.97 Å². The van der Waals surface area contributed by atoms with Crippen LogP contribution in [0.2, 0.25) is 0 Å². The van der Waals surface area contributed by atoms with Crippen LogP contribution in [0.1, 0.15) is 19.8 Å². The summed E-state index contributed by atoms with van der Waals surface area (Å²) >= 11 is 0. The number of hydrogen-bond acceptors (Lipinski definition) is 3. The van der Waals surface area contributed by atoms with E-state index in [1.165, 1.54) is 0 Å². The predicted octanol–water partition coefficient (Wildman–Crippen LogP) is -0.715. The van der Waals surface area contributed by atoms with E-state index in [0.717, 1.165) is 13.0 Å². The van der Waals surface area contributed by atoms with E-state index >= 15 is 0 Å². The predicted molar refractivity (Wildman–Crippen MR) is 63.9 cm³/mol. The molecule has 0 saturated heterocycles. The summed E-state index contributed by atoms with van der Waals surface area (Å²) in [6.07, 6.45) is 0.865. The largest absolute Gasteiger partial charge is 0.550 e. The normalized spacial score (nSPS) is 11.0. The van der Waals surface area contributed by atoms with Gasteiger partial charge in [0, 0.05) is 30.9 Å². The van der Waals surface area contributed by atoms with Gasteiger partial charge in [0.1, 0.15) is 0 Å². The molecule has 0 heterocycles. The first-order chi connectivity index (χ1) is 7.74. The lowest BCUT2D eigenvalue weighted by atomic mass is 10.3. The molecule has 5 nitrogen and oxygen atoms in total. The molecular weight excluding hydrogens is 220 g/mol.